The second-order valence-electron chi connectivity index (χ2n) is 4.85. The Morgan fingerprint density at radius 3 is 2.56 bits per heavy atom. The number of benzene rings is 1. The normalized spacial score (nSPS) is 12.9. The van der Waals surface area contributed by atoms with Crippen LogP contribution in [0.3, 0.4) is 0 Å². The van der Waals surface area contributed by atoms with E-state index in [9.17, 15) is 0 Å². The van der Waals surface area contributed by atoms with E-state index >= 15 is 0 Å². The molecule has 0 N–H and O–H groups in total. The van der Waals surface area contributed by atoms with Gasteiger partial charge in [-0.2, -0.15) is 0 Å². The van der Waals surface area contributed by atoms with Crippen LogP contribution in [0.25, 0.3) is 0 Å². The fourth-order valence-electron chi connectivity index (χ4n) is 2.18. The zero-order valence-corrected chi connectivity index (χ0v) is 12.5. The van der Waals surface area contributed by atoms with Crippen LogP contribution in [-0.4, -0.2) is 14.9 Å². The lowest BCUT2D eigenvalue weighted by molar-refractivity contribution is 0.563. The summed E-state index contributed by atoms with van der Waals surface area (Å²) in [6.45, 7) is 5.34. The third-order valence-corrected chi connectivity index (χ3v) is 3.92. The van der Waals surface area contributed by atoms with Gasteiger partial charge in [-0.3, -0.25) is 0 Å². The summed E-state index contributed by atoms with van der Waals surface area (Å²) in [5, 5.41) is 0.965. The van der Waals surface area contributed by atoms with Gasteiger partial charge in [0.15, 0.2) is 0 Å². The van der Waals surface area contributed by atoms with Gasteiger partial charge in [-0.05, 0) is 5.56 Å². The second kappa shape index (κ2) is 6.19. The minimum Gasteiger partial charge on any atom is -0.334 e. The van der Waals surface area contributed by atoms with E-state index in [1.54, 1.807) is 0 Å². The van der Waals surface area contributed by atoms with Crippen molar-refractivity contribution >= 4 is 15.9 Å². The first-order chi connectivity index (χ1) is 8.72. The molecule has 0 amide bonds. The molecule has 3 heteroatoms. The van der Waals surface area contributed by atoms with Crippen LogP contribution < -0.4 is 0 Å². The lowest BCUT2D eigenvalue weighted by atomic mass is 10.0. The Hall–Kier alpha value is -1.09. The lowest BCUT2D eigenvalue weighted by Crippen LogP contribution is -2.13. The van der Waals surface area contributed by atoms with Gasteiger partial charge in [0.1, 0.15) is 5.82 Å². The van der Waals surface area contributed by atoms with E-state index in [0.717, 1.165) is 17.7 Å². The first-order valence-electron chi connectivity index (χ1n) is 6.34. The first-order valence-corrected chi connectivity index (χ1v) is 7.46. The van der Waals surface area contributed by atoms with E-state index in [0.29, 0.717) is 11.8 Å². The Bertz CT molecular complexity index is 476. The molecule has 1 heterocycles. The molecule has 0 radical (unpaired) electrons. The van der Waals surface area contributed by atoms with Crippen molar-refractivity contribution in [2.24, 2.45) is 0 Å². The molecule has 96 valence electrons. The summed E-state index contributed by atoms with van der Waals surface area (Å²) < 4.78 is 2.27. The number of hydrogen-bond donors (Lipinski definition) is 0. The topological polar surface area (TPSA) is 17.8 Å². The molecule has 2 aromatic rings. The average molecular weight is 307 g/mol. The minimum atomic E-state index is 0.465. The quantitative estimate of drug-likeness (QED) is 0.758. The molecule has 0 aliphatic heterocycles. The van der Waals surface area contributed by atoms with Crippen molar-refractivity contribution in [3.05, 3.63) is 54.1 Å². The summed E-state index contributed by atoms with van der Waals surface area (Å²) in [5.74, 6) is 2.11. The molecular formula is C15H19BrN2. The fraction of sp³-hybridized carbons (Fsp3) is 0.400. The number of rotatable bonds is 5. The van der Waals surface area contributed by atoms with E-state index in [2.05, 4.69) is 75.9 Å². The lowest BCUT2D eigenvalue weighted by Gasteiger charge is -2.18. The van der Waals surface area contributed by atoms with Gasteiger partial charge in [-0.25, -0.2) is 4.98 Å². The predicted octanol–water partition coefficient (Wildman–Crippen LogP) is 4.19. The maximum Gasteiger partial charge on any atom is 0.111 e. The number of aromatic nitrogens is 2. The van der Waals surface area contributed by atoms with Crippen molar-refractivity contribution in [2.45, 2.75) is 32.2 Å². The summed E-state index contributed by atoms with van der Waals surface area (Å²) in [6, 6.07) is 10.6. The van der Waals surface area contributed by atoms with E-state index in [1.165, 1.54) is 5.56 Å². The van der Waals surface area contributed by atoms with Crippen molar-refractivity contribution in [1.29, 1.82) is 0 Å². The van der Waals surface area contributed by atoms with Crippen LogP contribution in [0, 0.1) is 0 Å². The summed E-state index contributed by atoms with van der Waals surface area (Å²) in [6.07, 6.45) is 3.97. The Kier molecular flexibility index (Phi) is 4.59. The van der Waals surface area contributed by atoms with Crippen LogP contribution in [0.4, 0.5) is 0 Å². The van der Waals surface area contributed by atoms with Gasteiger partial charge < -0.3 is 4.57 Å². The highest BCUT2D eigenvalue weighted by molar-refractivity contribution is 9.09. The van der Waals surface area contributed by atoms with Crippen molar-refractivity contribution in [2.75, 3.05) is 5.33 Å². The van der Waals surface area contributed by atoms with Crippen molar-refractivity contribution < 1.29 is 0 Å². The van der Waals surface area contributed by atoms with Gasteiger partial charge in [0.05, 0.1) is 0 Å². The Balaban J connectivity index is 2.18. The molecule has 0 spiro atoms. The molecule has 0 aliphatic rings. The molecule has 1 aromatic heterocycles. The van der Waals surface area contributed by atoms with Crippen LogP contribution in [0.2, 0.25) is 0 Å². The zero-order valence-electron chi connectivity index (χ0n) is 10.9. The molecule has 1 aromatic carbocycles. The van der Waals surface area contributed by atoms with Crippen LogP contribution in [0.15, 0.2) is 42.7 Å². The highest BCUT2D eigenvalue weighted by Gasteiger charge is 2.14. The number of imidazole rings is 1. The maximum atomic E-state index is 4.44. The van der Waals surface area contributed by atoms with Crippen molar-refractivity contribution in [1.82, 2.24) is 9.55 Å². The Labute approximate surface area is 117 Å². The van der Waals surface area contributed by atoms with Gasteiger partial charge in [0, 0.05) is 36.1 Å². The predicted molar refractivity (Wildman–Crippen MR) is 79.3 cm³/mol. The summed E-state index contributed by atoms with van der Waals surface area (Å²) in [5.41, 5.74) is 1.37. The standard InChI is InChI=1S/C15H19BrN2/c1-12(2)15-17-8-9-18(15)11-14(10-16)13-6-4-3-5-7-13/h3-9,12,14H,10-11H2,1-2H3. The number of halogens is 1. The SMILES string of the molecule is CC(C)c1nccn1CC(CBr)c1ccccc1. The highest BCUT2D eigenvalue weighted by atomic mass is 79.9. The second-order valence-corrected chi connectivity index (χ2v) is 5.50. The molecule has 1 atom stereocenters. The monoisotopic (exact) mass is 306 g/mol. The first kappa shape index (κ1) is 13.3. The average Bonchev–Trinajstić information content (AvgIpc) is 2.85. The zero-order chi connectivity index (χ0) is 13.0. The molecular weight excluding hydrogens is 288 g/mol. The van der Waals surface area contributed by atoms with E-state index in [4.69, 9.17) is 0 Å². The highest BCUT2D eigenvalue weighted by Crippen LogP contribution is 2.22. The molecule has 2 nitrogen and oxygen atoms in total. The molecule has 0 fully saturated rings. The number of alkyl halides is 1. The number of nitrogens with zero attached hydrogens (tertiary/aromatic N) is 2. The molecule has 2 rings (SSSR count). The Morgan fingerprint density at radius 1 is 1.22 bits per heavy atom. The summed E-state index contributed by atoms with van der Waals surface area (Å²) in [4.78, 5) is 4.44. The number of hydrogen-bond acceptors (Lipinski definition) is 1. The van der Waals surface area contributed by atoms with Gasteiger partial charge in [0.2, 0.25) is 0 Å². The molecule has 18 heavy (non-hydrogen) atoms. The van der Waals surface area contributed by atoms with Crippen LogP contribution in [0.5, 0.6) is 0 Å². The van der Waals surface area contributed by atoms with Crippen molar-refractivity contribution in [3.8, 4) is 0 Å². The van der Waals surface area contributed by atoms with Gasteiger partial charge in [-0.1, -0.05) is 60.1 Å². The van der Waals surface area contributed by atoms with E-state index < -0.39 is 0 Å². The van der Waals surface area contributed by atoms with E-state index in [1.807, 2.05) is 6.20 Å². The minimum absolute atomic E-state index is 0.465. The smallest absolute Gasteiger partial charge is 0.111 e. The van der Waals surface area contributed by atoms with Crippen LogP contribution in [-0.2, 0) is 6.54 Å². The maximum absolute atomic E-state index is 4.44. The summed E-state index contributed by atoms with van der Waals surface area (Å²) in [7, 11) is 0. The van der Waals surface area contributed by atoms with E-state index in [-0.39, 0.29) is 0 Å². The third-order valence-electron chi connectivity index (χ3n) is 3.14. The third kappa shape index (κ3) is 3.02. The van der Waals surface area contributed by atoms with Gasteiger partial charge in [0.25, 0.3) is 0 Å². The van der Waals surface area contributed by atoms with Crippen LogP contribution in [0.1, 0.15) is 37.1 Å². The van der Waals surface area contributed by atoms with Crippen molar-refractivity contribution in [3.63, 3.8) is 0 Å². The van der Waals surface area contributed by atoms with Gasteiger partial charge in [-0.15, -0.1) is 0 Å². The Morgan fingerprint density at radius 2 is 1.94 bits per heavy atom. The fourth-order valence-corrected chi connectivity index (χ4v) is 2.76. The molecule has 0 bridgehead atoms. The summed E-state index contributed by atoms with van der Waals surface area (Å²) >= 11 is 3.63. The molecule has 0 saturated carbocycles. The largest absolute Gasteiger partial charge is 0.334 e. The molecule has 0 saturated heterocycles. The molecule has 0 aliphatic carbocycles. The van der Waals surface area contributed by atoms with Crippen LogP contribution >= 0.6 is 15.9 Å². The van der Waals surface area contributed by atoms with Gasteiger partial charge >= 0.3 is 0 Å². The molecule has 1 unspecified atom stereocenters.